The Balaban J connectivity index is -0.000000163. The molecule has 0 aliphatic heterocycles. The highest BCUT2D eigenvalue weighted by Crippen LogP contribution is 2.17. The van der Waals surface area contributed by atoms with E-state index in [4.69, 9.17) is 0 Å². The molecule has 0 aliphatic carbocycles. The fourth-order valence-corrected chi connectivity index (χ4v) is 1.22. The van der Waals surface area contributed by atoms with Gasteiger partial charge in [0.25, 0.3) is 0 Å². The van der Waals surface area contributed by atoms with E-state index in [0.29, 0.717) is 0 Å². The smallest absolute Gasteiger partial charge is 0.0285 e. The molecular formula is C19H40. The molecule has 0 rings (SSSR count). The Kier molecular flexibility index (Phi) is 36.5. The molecule has 0 fully saturated rings. The summed E-state index contributed by atoms with van der Waals surface area (Å²) in [6.45, 7) is 24.7. The SMILES string of the molecule is C=C(CCC)/C(=C\C=C(C)C)CC.CC.CC.CC. The molecule has 0 unspecified atom stereocenters. The van der Waals surface area contributed by atoms with Crippen molar-refractivity contribution in [1.29, 1.82) is 0 Å². The van der Waals surface area contributed by atoms with Gasteiger partial charge in [-0.1, -0.05) is 91.7 Å². The summed E-state index contributed by atoms with van der Waals surface area (Å²) < 4.78 is 0. The third kappa shape index (κ3) is 22.8. The molecule has 0 nitrogen and oxygen atoms in total. The van der Waals surface area contributed by atoms with Gasteiger partial charge in [0, 0.05) is 0 Å². The van der Waals surface area contributed by atoms with Crippen molar-refractivity contribution in [3.63, 3.8) is 0 Å². The molecule has 0 saturated heterocycles. The van der Waals surface area contributed by atoms with Crippen LogP contribution >= 0.6 is 0 Å². The first-order valence-electron chi connectivity index (χ1n) is 8.14. The van der Waals surface area contributed by atoms with Crippen LogP contribution in [-0.2, 0) is 0 Å². The summed E-state index contributed by atoms with van der Waals surface area (Å²) >= 11 is 0. The van der Waals surface area contributed by atoms with E-state index in [0.717, 1.165) is 12.8 Å². The Bertz CT molecular complexity index is 212. The molecule has 0 radical (unpaired) electrons. The molecule has 0 heteroatoms. The summed E-state index contributed by atoms with van der Waals surface area (Å²) in [5, 5.41) is 0. The number of rotatable bonds is 5. The topological polar surface area (TPSA) is 0 Å². The Hall–Kier alpha value is -0.780. The van der Waals surface area contributed by atoms with Gasteiger partial charge in [-0.3, -0.25) is 0 Å². The van der Waals surface area contributed by atoms with Gasteiger partial charge in [0.2, 0.25) is 0 Å². The highest BCUT2D eigenvalue weighted by atomic mass is 14.0. The van der Waals surface area contributed by atoms with Crippen LogP contribution in [0.5, 0.6) is 0 Å². The lowest BCUT2D eigenvalue weighted by Crippen LogP contribution is -1.86. The summed E-state index contributed by atoms with van der Waals surface area (Å²) in [5.74, 6) is 0. The Labute approximate surface area is 124 Å². The number of hydrogen-bond acceptors (Lipinski definition) is 0. The van der Waals surface area contributed by atoms with Crippen LogP contribution in [0, 0.1) is 0 Å². The monoisotopic (exact) mass is 268 g/mol. The first kappa shape index (κ1) is 26.7. The van der Waals surface area contributed by atoms with Gasteiger partial charge in [-0.25, -0.2) is 0 Å². The van der Waals surface area contributed by atoms with Crippen molar-refractivity contribution in [3.05, 3.63) is 35.5 Å². The van der Waals surface area contributed by atoms with E-state index in [1.54, 1.807) is 0 Å². The third-order valence-corrected chi connectivity index (χ3v) is 2.00. The van der Waals surface area contributed by atoms with Gasteiger partial charge in [-0.15, -0.1) is 0 Å². The van der Waals surface area contributed by atoms with Crippen molar-refractivity contribution >= 4 is 0 Å². The zero-order chi connectivity index (χ0) is 16.3. The summed E-state index contributed by atoms with van der Waals surface area (Å²) in [7, 11) is 0. The van der Waals surface area contributed by atoms with Gasteiger partial charge >= 0.3 is 0 Å². The molecular weight excluding hydrogens is 228 g/mol. The van der Waals surface area contributed by atoms with E-state index in [1.165, 1.54) is 23.1 Å². The summed E-state index contributed by atoms with van der Waals surface area (Å²) in [4.78, 5) is 0. The molecule has 0 atom stereocenters. The minimum atomic E-state index is 1.09. The van der Waals surface area contributed by atoms with E-state index >= 15 is 0 Å². The third-order valence-electron chi connectivity index (χ3n) is 2.00. The van der Waals surface area contributed by atoms with Crippen molar-refractivity contribution in [1.82, 2.24) is 0 Å². The zero-order valence-corrected chi connectivity index (χ0v) is 15.5. The van der Waals surface area contributed by atoms with Crippen LogP contribution in [0.2, 0.25) is 0 Å². The number of hydrogen-bond donors (Lipinski definition) is 0. The Morgan fingerprint density at radius 3 is 1.53 bits per heavy atom. The molecule has 0 spiro atoms. The lowest BCUT2D eigenvalue weighted by molar-refractivity contribution is 0.898. The molecule has 0 aromatic carbocycles. The van der Waals surface area contributed by atoms with E-state index in [-0.39, 0.29) is 0 Å². The molecule has 0 aliphatic rings. The highest BCUT2D eigenvalue weighted by Gasteiger charge is 1.97. The second kappa shape index (κ2) is 25.9. The van der Waals surface area contributed by atoms with Crippen LogP contribution in [0.15, 0.2) is 35.5 Å². The van der Waals surface area contributed by atoms with Gasteiger partial charge in [0.15, 0.2) is 0 Å². The predicted molar refractivity (Wildman–Crippen MR) is 95.9 cm³/mol. The first-order valence-corrected chi connectivity index (χ1v) is 8.14. The molecule has 0 amide bonds. The Morgan fingerprint density at radius 1 is 0.842 bits per heavy atom. The Morgan fingerprint density at radius 2 is 1.26 bits per heavy atom. The van der Waals surface area contributed by atoms with E-state index in [2.05, 4.69) is 46.4 Å². The average Bonchev–Trinajstić information content (AvgIpc) is 2.46. The van der Waals surface area contributed by atoms with Crippen LogP contribution in [0.3, 0.4) is 0 Å². The van der Waals surface area contributed by atoms with Gasteiger partial charge in [-0.2, -0.15) is 0 Å². The van der Waals surface area contributed by atoms with Crippen LogP contribution in [-0.4, -0.2) is 0 Å². The van der Waals surface area contributed by atoms with Gasteiger partial charge < -0.3 is 0 Å². The van der Waals surface area contributed by atoms with Crippen LogP contribution in [0.1, 0.15) is 88.5 Å². The minimum Gasteiger partial charge on any atom is -0.0956 e. The van der Waals surface area contributed by atoms with Gasteiger partial charge in [-0.05, 0) is 32.3 Å². The largest absolute Gasteiger partial charge is 0.0956 e. The molecule has 0 bridgehead atoms. The van der Waals surface area contributed by atoms with E-state index < -0.39 is 0 Å². The molecule has 116 valence electrons. The second-order valence-electron chi connectivity index (χ2n) is 3.64. The average molecular weight is 269 g/mol. The maximum atomic E-state index is 4.10. The van der Waals surface area contributed by atoms with E-state index in [1.807, 2.05) is 41.5 Å². The van der Waals surface area contributed by atoms with Crippen molar-refractivity contribution in [3.8, 4) is 0 Å². The predicted octanol–water partition coefficient (Wildman–Crippen LogP) is 7.72. The molecule has 19 heavy (non-hydrogen) atoms. The molecule has 0 saturated carbocycles. The second-order valence-corrected chi connectivity index (χ2v) is 3.64. The molecule has 0 heterocycles. The summed E-state index contributed by atoms with van der Waals surface area (Å²) in [5.41, 5.74) is 4.03. The van der Waals surface area contributed by atoms with Crippen LogP contribution in [0.25, 0.3) is 0 Å². The van der Waals surface area contributed by atoms with Crippen molar-refractivity contribution < 1.29 is 0 Å². The van der Waals surface area contributed by atoms with Gasteiger partial charge in [0.05, 0.1) is 0 Å². The minimum absolute atomic E-state index is 1.09. The maximum absolute atomic E-state index is 4.10. The quantitative estimate of drug-likeness (QED) is 0.448. The normalized spacial score (nSPS) is 8.63. The number of allylic oxidation sites excluding steroid dienone is 5. The fraction of sp³-hybridized carbons (Fsp3) is 0.684. The molecule has 0 N–H and O–H groups in total. The first-order chi connectivity index (χ1) is 9.11. The van der Waals surface area contributed by atoms with Crippen molar-refractivity contribution in [2.75, 3.05) is 0 Å². The summed E-state index contributed by atoms with van der Waals surface area (Å²) in [6.07, 6.45) is 7.76. The van der Waals surface area contributed by atoms with E-state index in [9.17, 15) is 0 Å². The summed E-state index contributed by atoms with van der Waals surface area (Å²) in [6, 6.07) is 0. The maximum Gasteiger partial charge on any atom is -0.0285 e. The molecule has 0 aromatic heterocycles. The van der Waals surface area contributed by atoms with Gasteiger partial charge in [0.1, 0.15) is 0 Å². The zero-order valence-electron chi connectivity index (χ0n) is 15.5. The molecule has 0 aromatic rings. The lowest BCUT2D eigenvalue weighted by atomic mass is 10.0. The highest BCUT2D eigenvalue weighted by molar-refractivity contribution is 5.31. The standard InChI is InChI=1S/C13H22.3C2H6/c1-6-8-12(5)13(7-2)10-9-11(3)4;3*1-2/h9-10H,5-8H2,1-4H3;3*1-2H3/b13-10-;;;. The fourth-order valence-electron chi connectivity index (χ4n) is 1.22. The lowest BCUT2D eigenvalue weighted by Gasteiger charge is -2.06. The van der Waals surface area contributed by atoms with Crippen molar-refractivity contribution in [2.24, 2.45) is 0 Å². The van der Waals surface area contributed by atoms with Crippen LogP contribution in [0.4, 0.5) is 0 Å². The van der Waals surface area contributed by atoms with Crippen LogP contribution < -0.4 is 0 Å². The van der Waals surface area contributed by atoms with Crippen molar-refractivity contribution in [2.45, 2.75) is 88.5 Å².